The second-order valence-corrected chi connectivity index (χ2v) is 2.29. The zero-order valence-electron chi connectivity index (χ0n) is 6.43. The zero-order valence-corrected chi connectivity index (χ0v) is 6.43. The number of carbonyl (C=O) groups is 1. The zero-order chi connectivity index (χ0) is 7.44. The summed E-state index contributed by atoms with van der Waals surface area (Å²) < 4.78 is 0. The summed E-state index contributed by atoms with van der Waals surface area (Å²) in [5.41, 5.74) is 0.988. The Morgan fingerprint density at radius 2 is 1.78 bits per heavy atom. The number of ketones is 1. The molecule has 0 aromatic heterocycles. The Hall–Kier alpha value is -0.790. The molecule has 0 aliphatic carbocycles. The normalized spacial score (nSPS) is 11.3. The van der Waals surface area contributed by atoms with Gasteiger partial charge >= 0.3 is 0 Å². The highest BCUT2D eigenvalue weighted by atomic mass is 16.1. The van der Waals surface area contributed by atoms with Crippen LogP contribution in [-0.2, 0) is 4.79 Å². The van der Waals surface area contributed by atoms with E-state index < -0.39 is 0 Å². The second-order valence-electron chi connectivity index (χ2n) is 2.29. The van der Waals surface area contributed by atoms with Crippen LogP contribution in [0.2, 0.25) is 0 Å². The van der Waals surface area contributed by atoms with Crippen LogP contribution >= 0.6 is 0 Å². The SMILES string of the molecule is CC(=O)/C=C(/C)N(C)C. The third kappa shape index (κ3) is 3.76. The van der Waals surface area contributed by atoms with Crippen LogP contribution in [0.3, 0.4) is 0 Å². The van der Waals surface area contributed by atoms with Gasteiger partial charge in [-0.1, -0.05) is 0 Å². The number of hydrogen-bond acceptors (Lipinski definition) is 2. The van der Waals surface area contributed by atoms with Gasteiger partial charge < -0.3 is 4.90 Å². The van der Waals surface area contributed by atoms with Gasteiger partial charge in [-0.05, 0) is 19.9 Å². The van der Waals surface area contributed by atoms with Crippen molar-refractivity contribution in [1.29, 1.82) is 0 Å². The summed E-state index contributed by atoms with van der Waals surface area (Å²) in [6.07, 6.45) is 1.61. The molecule has 0 heterocycles. The molecule has 0 aliphatic rings. The van der Waals surface area contributed by atoms with E-state index in [1.54, 1.807) is 13.0 Å². The topological polar surface area (TPSA) is 20.3 Å². The minimum atomic E-state index is 0.0983. The van der Waals surface area contributed by atoms with Gasteiger partial charge in [0.1, 0.15) is 0 Å². The molecule has 52 valence electrons. The first-order valence-electron chi connectivity index (χ1n) is 2.90. The van der Waals surface area contributed by atoms with Crippen molar-refractivity contribution >= 4 is 5.78 Å². The quantitative estimate of drug-likeness (QED) is 0.516. The van der Waals surface area contributed by atoms with E-state index >= 15 is 0 Å². The Kier molecular flexibility index (Phi) is 2.99. The summed E-state index contributed by atoms with van der Waals surface area (Å²) >= 11 is 0. The van der Waals surface area contributed by atoms with Crippen molar-refractivity contribution in [3.63, 3.8) is 0 Å². The standard InChI is InChI=1S/C7H13NO/c1-6(8(3)4)5-7(2)9/h5H,1-4H3/b6-5-. The van der Waals surface area contributed by atoms with E-state index in [0.29, 0.717) is 0 Å². The maximum absolute atomic E-state index is 10.5. The second kappa shape index (κ2) is 3.28. The fraction of sp³-hybridized carbons (Fsp3) is 0.571. The Balaban J connectivity index is 4.00. The van der Waals surface area contributed by atoms with Gasteiger partial charge in [-0.3, -0.25) is 4.79 Å². The van der Waals surface area contributed by atoms with Gasteiger partial charge in [0, 0.05) is 19.8 Å². The van der Waals surface area contributed by atoms with Crippen molar-refractivity contribution in [2.24, 2.45) is 0 Å². The molecule has 0 aromatic carbocycles. The molecule has 0 N–H and O–H groups in total. The molecule has 2 nitrogen and oxygen atoms in total. The number of nitrogens with zero attached hydrogens (tertiary/aromatic N) is 1. The molecule has 0 unspecified atom stereocenters. The lowest BCUT2D eigenvalue weighted by Gasteiger charge is -2.10. The van der Waals surface area contributed by atoms with E-state index in [2.05, 4.69) is 0 Å². The monoisotopic (exact) mass is 127 g/mol. The molecular formula is C7H13NO. The minimum Gasteiger partial charge on any atom is -0.381 e. The average molecular weight is 127 g/mol. The van der Waals surface area contributed by atoms with Crippen molar-refractivity contribution in [1.82, 2.24) is 4.90 Å². The molecule has 0 aromatic rings. The Morgan fingerprint density at radius 3 is 1.89 bits per heavy atom. The van der Waals surface area contributed by atoms with Crippen molar-refractivity contribution < 1.29 is 4.79 Å². The highest BCUT2D eigenvalue weighted by molar-refractivity contribution is 5.87. The van der Waals surface area contributed by atoms with Gasteiger partial charge in [-0.15, -0.1) is 0 Å². The first-order valence-corrected chi connectivity index (χ1v) is 2.90. The third-order valence-corrected chi connectivity index (χ3v) is 1.12. The predicted octanol–water partition coefficient (Wildman–Crippen LogP) is 1.04. The molecule has 0 fully saturated rings. The number of rotatable bonds is 2. The Bertz CT molecular complexity index is 136. The fourth-order valence-electron chi connectivity index (χ4n) is 0.423. The van der Waals surface area contributed by atoms with Gasteiger partial charge in [0.05, 0.1) is 0 Å². The van der Waals surface area contributed by atoms with E-state index in [4.69, 9.17) is 0 Å². The smallest absolute Gasteiger partial charge is 0.154 e. The molecule has 0 atom stereocenters. The summed E-state index contributed by atoms with van der Waals surface area (Å²) in [5, 5.41) is 0. The van der Waals surface area contributed by atoms with Crippen LogP contribution in [0.5, 0.6) is 0 Å². The molecule has 0 spiro atoms. The first-order chi connectivity index (χ1) is 4.04. The van der Waals surface area contributed by atoms with E-state index in [1.807, 2.05) is 25.9 Å². The van der Waals surface area contributed by atoms with Crippen molar-refractivity contribution in [3.8, 4) is 0 Å². The van der Waals surface area contributed by atoms with Crippen LogP contribution in [0.4, 0.5) is 0 Å². The molecule has 0 aliphatic heterocycles. The lowest BCUT2D eigenvalue weighted by Crippen LogP contribution is -2.09. The predicted molar refractivity (Wildman–Crippen MR) is 38.1 cm³/mol. The van der Waals surface area contributed by atoms with E-state index in [9.17, 15) is 4.79 Å². The van der Waals surface area contributed by atoms with Crippen LogP contribution in [-0.4, -0.2) is 24.8 Å². The maximum atomic E-state index is 10.5. The number of carbonyl (C=O) groups excluding carboxylic acids is 1. The summed E-state index contributed by atoms with van der Waals surface area (Å²) in [6, 6.07) is 0. The Labute approximate surface area is 56.2 Å². The van der Waals surface area contributed by atoms with Crippen LogP contribution in [0.25, 0.3) is 0 Å². The minimum absolute atomic E-state index is 0.0983. The first kappa shape index (κ1) is 8.21. The Morgan fingerprint density at radius 1 is 1.33 bits per heavy atom. The molecule has 2 heteroatoms. The van der Waals surface area contributed by atoms with Crippen LogP contribution in [0.15, 0.2) is 11.8 Å². The van der Waals surface area contributed by atoms with Crippen molar-refractivity contribution in [2.75, 3.05) is 14.1 Å². The average Bonchev–Trinajstić information content (AvgIpc) is 1.63. The lowest BCUT2D eigenvalue weighted by atomic mass is 10.3. The van der Waals surface area contributed by atoms with E-state index in [-0.39, 0.29) is 5.78 Å². The van der Waals surface area contributed by atoms with Crippen molar-refractivity contribution in [2.45, 2.75) is 13.8 Å². The molecule has 0 amide bonds. The van der Waals surface area contributed by atoms with E-state index in [0.717, 1.165) is 5.70 Å². The van der Waals surface area contributed by atoms with Crippen LogP contribution < -0.4 is 0 Å². The van der Waals surface area contributed by atoms with Crippen LogP contribution in [0, 0.1) is 0 Å². The van der Waals surface area contributed by atoms with E-state index in [1.165, 1.54) is 0 Å². The molecule has 0 bridgehead atoms. The molecule has 0 saturated heterocycles. The summed E-state index contributed by atoms with van der Waals surface area (Å²) in [7, 11) is 3.82. The van der Waals surface area contributed by atoms with Gasteiger partial charge in [0.25, 0.3) is 0 Å². The van der Waals surface area contributed by atoms with Crippen LogP contribution in [0.1, 0.15) is 13.8 Å². The molecule has 0 radical (unpaired) electrons. The lowest BCUT2D eigenvalue weighted by molar-refractivity contribution is -0.112. The van der Waals surface area contributed by atoms with Gasteiger partial charge in [-0.25, -0.2) is 0 Å². The summed E-state index contributed by atoms with van der Waals surface area (Å²) in [5.74, 6) is 0.0983. The largest absolute Gasteiger partial charge is 0.381 e. The molecule has 0 rings (SSSR count). The van der Waals surface area contributed by atoms with Gasteiger partial charge in [-0.2, -0.15) is 0 Å². The highest BCUT2D eigenvalue weighted by Gasteiger charge is 1.91. The molecule has 0 saturated carbocycles. The molecule has 9 heavy (non-hydrogen) atoms. The van der Waals surface area contributed by atoms with Gasteiger partial charge in [0.15, 0.2) is 5.78 Å². The maximum Gasteiger partial charge on any atom is 0.154 e. The fourth-order valence-corrected chi connectivity index (χ4v) is 0.423. The highest BCUT2D eigenvalue weighted by Crippen LogP contribution is 1.94. The number of allylic oxidation sites excluding steroid dienone is 2. The summed E-state index contributed by atoms with van der Waals surface area (Å²) in [6.45, 7) is 3.45. The molecular weight excluding hydrogens is 114 g/mol. The third-order valence-electron chi connectivity index (χ3n) is 1.12. The van der Waals surface area contributed by atoms with Crippen molar-refractivity contribution in [3.05, 3.63) is 11.8 Å². The van der Waals surface area contributed by atoms with Gasteiger partial charge in [0.2, 0.25) is 0 Å². The number of hydrogen-bond donors (Lipinski definition) is 0. The summed E-state index contributed by atoms with van der Waals surface area (Å²) in [4.78, 5) is 12.4.